The van der Waals surface area contributed by atoms with Crippen molar-refractivity contribution in [2.24, 2.45) is 0 Å². The summed E-state index contributed by atoms with van der Waals surface area (Å²) in [6.07, 6.45) is 1.79. The molecule has 1 unspecified atom stereocenters. The number of piperazine rings is 1. The van der Waals surface area contributed by atoms with Gasteiger partial charge in [0.1, 0.15) is 5.60 Å². The van der Waals surface area contributed by atoms with E-state index in [9.17, 15) is 4.79 Å². The summed E-state index contributed by atoms with van der Waals surface area (Å²) in [6.45, 7) is 7.74. The first-order valence-electron chi connectivity index (χ1n) is 7.71. The second kappa shape index (κ2) is 5.65. The van der Waals surface area contributed by atoms with Gasteiger partial charge in [0, 0.05) is 36.7 Å². The van der Waals surface area contributed by atoms with Gasteiger partial charge in [-0.1, -0.05) is 18.2 Å². The molecule has 5 nitrogen and oxygen atoms in total. The van der Waals surface area contributed by atoms with E-state index in [0.717, 1.165) is 12.1 Å². The van der Waals surface area contributed by atoms with Crippen LogP contribution >= 0.6 is 0 Å². The lowest BCUT2D eigenvalue weighted by atomic mass is 10.0. The molecule has 0 aliphatic carbocycles. The number of aromatic amines is 1. The number of carbonyl (C=O) groups excluding carboxylic acids is 1. The fraction of sp³-hybridized carbons (Fsp3) is 0.471. The summed E-state index contributed by atoms with van der Waals surface area (Å²) in [6, 6.07) is 8.35. The van der Waals surface area contributed by atoms with Crippen LogP contribution in [0.25, 0.3) is 10.9 Å². The molecule has 1 saturated heterocycles. The normalized spacial score (nSPS) is 19.4. The van der Waals surface area contributed by atoms with Crippen LogP contribution in [0, 0.1) is 0 Å². The Morgan fingerprint density at radius 1 is 1.32 bits per heavy atom. The van der Waals surface area contributed by atoms with Crippen LogP contribution in [0.15, 0.2) is 30.5 Å². The Balaban J connectivity index is 1.77. The van der Waals surface area contributed by atoms with Crippen molar-refractivity contribution in [2.45, 2.75) is 32.4 Å². The summed E-state index contributed by atoms with van der Waals surface area (Å²) in [5.74, 6) is 0. The summed E-state index contributed by atoms with van der Waals surface area (Å²) in [5.41, 5.74) is 1.86. The average Bonchev–Trinajstić information content (AvgIpc) is 2.89. The lowest BCUT2D eigenvalue weighted by Crippen LogP contribution is -2.49. The highest BCUT2D eigenvalue weighted by molar-refractivity contribution is 5.83. The Kier molecular flexibility index (Phi) is 3.83. The van der Waals surface area contributed by atoms with Crippen molar-refractivity contribution >= 4 is 17.0 Å². The number of carbonyl (C=O) groups is 1. The van der Waals surface area contributed by atoms with Crippen molar-refractivity contribution in [1.82, 2.24) is 15.2 Å². The topological polar surface area (TPSA) is 57.4 Å². The molecule has 118 valence electrons. The number of nitrogens with one attached hydrogen (secondary N) is 2. The second-order valence-electron chi connectivity index (χ2n) is 6.72. The molecule has 1 aliphatic rings. The molecule has 0 saturated carbocycles. The molecule has 22 heavy (non-hydrogen) atoms. The zero-order valence-corrected chi connectivity index (χ0v) is 13.3. The Morgan fingerprint density at radius 2 is 2.09 bits per heavy atom. The SMILES string of the molecule is CC(C)(C)OC(=O)N1CCNC(c2c[nH]c3ccccc23)C1. The number of ether oxygens (including phenoxy) is 1. The molecule has 5 heteroatoms. The molecule has 0 radical (unpaired) electrons. The van der Waals surface area contributed by atoms with Gasteiger partial charge in [0.25, 0.3) is 0 Å². The predicted molar refractivity (Wildman–Crippen MR) is 86.8 cm³/mol. The lowest BCUT2D eigenvalue weighted by molar-refractivity contribution is 0.0195. The zero-order valence-electron chi connectivity index (χ0n) is 13.3. The minimum atomic E-state index is -0.460. The number of H-pyrrole nitrogens is 1. The van der Waals surface area contributed by atoms with E-state index in [1.165, 1.54) is 10.9 Å². The van der Waals surface area contributed by atoms with Crippen LogP contribution in [0.1, 0.15) is 32.4 Å². The molecular weight excluding hydrogens is 278 g/mol. The van der Waals surface area contributed by atoms with Crippen molar-refractivity contribution in [3.63, 3.8) is 0 Å². The third kappa shape index (κ3) is 3.09. The second-order valence-corrected chi connectivity index (χ2v) is 6.72. The number of hydrogen-bond donors (Lipinski definition) is 2. The van der Waals surface area contributed by atoms with Crippen molar-refractivity contribution in [3.05, 3.63) is 36.0 Å². The number of rotatable bonds is 1. The van der Waals surface area contributed by atoms with Crippen LogP contribution in [-0.2, 0) is 4.74 Å². The molecule has 1 atom stereocenters. The van der Waals surface area contributed by atoms with Crippen molar-refractivity contribution in [3.8, 4) is 0 Å². The molecule has 2 heterocycles. The molecule has 2 aromatic rings. The van der Waals surface area contributed by atoms with Crippen LogP contribution in [0.4, 0.5) is 4.79 Å². The van der Waals surface area contributed by atoms with Crippen molar-refractivity contribution < 1.29 is 9.53 Å². The summed E-state index contributed by atoms with van der Waals surface area (Å²) in [7, 11) is 0. The van der Waals surface area contributed by atoms with Gasteiger partial charge < -0.3 is 19.9 Å². The highest BCUT2D eigenvalue weighted by Crippen LogP contribution is 2.26. The van der Waals surface area contributed by atoms with Crippen molar-refractivity contribution in [2.75, 3.05) is 19.6 Å². The maximum atomic E-state index is 12.3. The molecule has 1 aliphatic heterocycles. The zero-order chi connectivity index (χ0) is 15.7. The van der Waals surface area contributed by atoms with E-state index in [1.54, 1.807) is 4.90 Å². The van der Waals surface area contributed by atoms with E-state index in [0.29, 0.717) is 13.1 Å². The van der Waals surface area contributed by atoms with Crippen LogP contribution < -0.4 is 5.32 Å². The van der Waals surface area contributed by atoms with Gasteiger partial charge in [-0.15, -0.1) is 0 Å². The molecule has 3 rings (SSSR count). The number of hydrogen-bond acceptors (Lipinski definition) is 3. The Morgan fingerprint density at radius 3 is 2.86 bits per heavy atom. The first-order valence-corrected chi connectivity index (χ1v) is 7.71. The number of nitrogens with zero attached hydrogens (tertiary/aromatic N) is 1. The molecular formula is C17H23N3O2. The molecule has 1 aromatic heterocycles. The van der Waals surface area contributed by atoms with Crippen LogP contribution in [0.3, 0.4) is 0 Å². The van der Waals surface area contributed by atoms with E-state index < -0.39 is 5.60 Å². The fourth-order valence-corrected chi connectivity index (χ4v) is 2.83. The van der Waals surface area contributed by atoms with Crippen LogP contribution in [0.5, 0.6) is 0 Å². The highest BCUT2D eigenvalue weighted by Gasteiger charge is 2.29. The molecule has 2 N–H and O–H groups in total. The number of aromatic nitrogens is 1. The third-order valence-electron chi connectivity index (χ3n) is 3.82. The maximum Gasteiger partial charge on any atom is 0.410 e. The lowest BCUT2D eigenvalue weighted by Gasteiger charge is -2.34. The van der Waals surface area contributed by atoms with Gasteiger partial charge in [0.05, 0.1) is 6.04 Å². The molecule has 0 bridgehead atoms. The third-order valence-corrected chi connectivity index (χ3v) is 3.82. The van der Waals surface area contributed by atoms with E-state index in [2.05, 4.69) is 22.4 Å². The van der Waals surface area contributed by atoms with E-state index in [4.69, 9.17) is 4.74 Å². The highest BCUT2D eigenvalue weighted by atomic mass is 16.6. The van der Waals surface area contributed by atoms with Gasteiger partial charge in [-0.3, -0.25) is 0 Å². The maximum absolute atomic E-state index is 12.3. The van der Waals surface area contributed by atoms with Gasteiger partial charge >= 0.3 is 6.09 Å². The predicted octanol–water partition coefficient (Wildman–Crippen LogP) is 3.05. The van der Waals surface area contributed by atoms with E-state index in [1.807, 2.05) is 39.1 Å². The smallest absolute Gasteiger partial charge is 0.410 e. The van der Waals surface area contributed by atoms with Crippen molar-refractivity contribution in [1.29, 1.82) is 0 Å². The minimum Gasteiger partial charge on any atom is -0.444 e. The van der Waals surface area contributed by atoms with Gasteiger partial charge in [-0.05, 0) is 32.4 Å². The first kappa shape index (κ1) is 14.9. The van der Waals surface area contributed by atoms with Gasteiger partial charge in [0.2, 0.25) is 0 Å². The monoisotopic (exact) mass is 301 g/mol. The molecule has 0 spiro atoms. The molecule has 1 fully saturated rings. The Labute approximate surface area is 130 Å². The summed E-state index contributed by atoms with van der Waals surface area (Å²) in [5, 5.41) is 4.69. The summed E-state index contributed by atoms with van der Waals surface area (Å²) in [4.78, 5) is 17.3. The largest absolute Gasteiger partial charge is 0.444 e. The van der Waals surface area contributed by atoms with Gasteiger partial charge in [-0.2, -0.15) is 0 Å². The summed E-state index contributed by atoms with van der Waals surface area (Å²) >= 11 is 0. The minimum absolute atomic E-state index is 0.123. The Hall–Kier alpha value is -2.01. The van der Waals surface area contributed by atoms with Crippen LogP contribution in [-0.4, -0.2) is 41.2 Å². The van der Waals surface area contributed by atoms with E-state index in [-0.39, 0.29) is 12.1 Å². The first-order chi connectivity index (χ1) is 10.4. The standard InChI is InChI=1S/C17H23N3O2/c1-17(2,3)22-16(21)20-9-8-18-15(11-20)13-10-19-14-7-5-4-6-12(13)14/h4-7,10,15,18-19H,8-9,11H2,1-3H3. The Bertz CT molecular complexity index is 672. The van der Waals surface area contributed by atoms with Crippen LogP contribution in [0.2, 0.25) is 0 Å². The number of para-hydroxylation sites is 1. The summed E-state index contributed by atoms with van der Waals surface area (Å²) < 4.78 is 5.48. The van der Waals surface area contributed by atoms with Gasteiger partial charge in [-0.25, -0.2) is 4.79 Å². The number of fused-ring (bicyclic) bond motifs is 1. The number of benzene rings is 1. The average molecular weight is 301 g/mol. The van der Waals surface area contributed by atoms with E-state index >= 15 is 0 Å². The quantitative estimate of drug-likeness (QED) is 0.851. The molecule has 1 amide bonds. The number of amides is 1. The molecule has 1 aromatic carbocycles. The fourth-order valence-electron chi connectivity index (χ4n) is 2.83. The van der Waals surface area contributed by atoms with Gasteiger partial charge in [0.15, 0.2) is 0 Å².